The van der Waals surface area contributed by atoms with Crippen LogP contribution in [0.5, 0.6) is 0 Å². The quantitative estimate of drug-likeness (QED) is 0.789. The number of nitrogens with one attached hydrogen (secondary N) is 2. The molecular formula is C10H15N7. The molecule has 0 saturated carbocycles. The molecule has 7 nitrogen and oxygen atoms in total. The van der Waals surface area contributed by atoms with E-state index >= 15 is 0 Å². The maximum absolute atomic E-state index is 4.35. The summed E-state index contributed by atoms with van der Waals surface area (Å²) >= 11 is 0. The van der Waals surface area contributed by atoms with Crippen molar-refractivity contribution in [3.63, 3.8) is 0 Å². The van der Waals surface area contributed by atoms with Crippen molar-refractivity contribution >= 4 is 11.6 Å². The van der Waals surface area contributed by atoms with Gasteiger partial charge in [0.2, 0.25) is 0 Å². The Hall–Kier alpha value is -2.18. The molecule has 90 valence electrons. The monoisotopic (exact) mass is 233 g/mol. The third-order valence-corrected chi connectivity index (χ3v) is 2.23. The van der Waals surface area contributed by atoms with Gasteiger partial charge in [0.1, 0.15) is 18.0 Å². The second kappa shape index (κ2) is 5.24. The standard InChI is InChI=1S/C10H15N7/c1-3-12-8-4-11-5-9(15-8)13-6-10-16-14-7-17(10)2/h4-5,7H,3,6H2,1-2H3,(H2,12,13,15). The second-order valence-electron chi connectivity index (χ2n) is 3.53. The topological polar surface area (TPSA) is 80.5 Å². The molecule has 0 aromatic carbocycles. The summed E-state index contributed by atoms with van der Waals surface area (Å²) < 4.78 is 1.86. The van der Waals surface area contributed by atoms with Gasteiger partial charge in [-0.05, 0) is 6.92 Å². The van der Waals surface area contributed by atoms with Gasteiger partial charge in [0.15, 0.2) is 5.82 Å². The Morgan fingerprint density at radius 2 is 2.00 bits per heavy atom. The van der Waals surface area contributed by atoms with Crippen molar-refractivity contribution in [3.8, 4) is 0 Å². The van der Waals surface area contributed by atoms with E-state index in [1.165, 1.54) is 0 Å². The van der Waals surface area contributed by atoms with Gasteiger partial charge in [0, 0.05) is 13.6 Å². The van der Waals surface area contributed by atoms with Crippen molar-refractivity contribution in [1.82, 2.24) is 24.7 Å². The zero-order chi connectivity index (χ0) is 12.1. The second-order valence-corrected chi connectivity index (χ2v) is 3.53. The highest BCUT2D eigenvalue weighted by molar-refractivity contribution is 5.41. The molecule has 2 aromatic heterocycles. The molecule has 2 rings (SSSR count). The summed E-state index contributed by atoms with van der Waals surface area (Å²) in [4.78, 5) is 8.44. The summed E-state index contributed by atoms with van der Waals surface area (Å²) in [5.74, 6) is 2.32. The molecule has 2 heterocycles. The predicted octanol–water partition coefficient (Wildman–Crippen LogP) is 0.649. The van der Waals surface area contributed by atoms with Gasteiger partial charge in [-0.1, -0.05) is 0 Å². The molecule has 2 N–H and O–H groups in total. The summed E-state index contributed by atoms with van der Waals surface area (Å²) in [5, 5.41) is 14.0. The maximum atomic E-state index is 4.35. The first-order valence-electron chi connectivity index (χ1n) is 5.42. The first-order chi connectivity index (χ1) is 8.29. The normalized spacial score (nSPS) is 10.2. The smallest absolute Gasteiger partial charge is 0.151 e. The van der Waals surface area contributed by atoms with E-state index in [0.717, 1.165) is 18.2 Å². The molecule has 17 heavy (non-hydrogen) atoms. The third-order valence-electron chi connectivity index (χ3n) is 2.23. The van der Waals surface area contributed by atoms with Gasteiger partial charge in [-0.2, -0.15) is 0 Å². The van der Waals surface area contributed by atoms with Crippen LogP contribution in [-0.4, -0.2) is 31.3 Å². The lowest BCUT2D eigenvalue weighted by Crippen LogP contribution is -2.08. The van der Waals surface area contributed by atoms with Crippen LogP contribution in [-0.2, 0) is 13.6 Å². The fraction of sp³-hybridized carbons (Fsp3) is 0.400. The maximum Gasteiger partial charge on any atom is 0.151 e. The Bertz CT molecular complexity index is 479. The Morgan fingerprint density at radius 1 is 1.24 bits per heavy atom. The van der Waals surface area contributed by atoms with Crippen molar-refractivity contribution < 1.29 is 0 Å². The predicted molar refractivity (Wildman–Crippen MR) is 64.5 cm³/mol. The Labute approximate surface area is 99.3 Å². The van der Waals surface area contributed by atoms with Crippen LogP contribution in [0.2, 0.25) is 0 Å². The SMILES string of the molecule is CCNc1cncc(NCc2nncn2C)n1. The van der Waals surface area contributed by atoms with Gasteiger partial charge < -0.3 is 15.2 Å². The number of rotatable bonds is 5. The lowest BCUT2D eigenvalue weighted by molar-refractivity contribution is 0.809. The van der Waals surface area contributed by atoms with Crippen LogP contribution < -0.4 is 10.6 Å². The van der Waals surface area contributed by atoms with Crippen molar-refractivity contribution in [1.29, 1.82) is 0 Å². The first kappa shape index (κ1) is 11.3. The zero-order valence-corrected chi connectivity index (χ0v) is 9.88. The van der Waals surface area contributed by atoms with Gasteiger partial charge in [0.25, 0.3) is 0 Å². The molecule has 0 fully saturated rings. The molecule has 0 amide bonds. The molecule has 0 atom stereocenters. The van der Waals surface area contributed by atoms with E-state index in [9.17, 15) is 0 Å². The van der Waals surface area contributed by atoms with Crippen LogP contribution in [0.15, 0.2) is 18.7 Å². The zero-order valence-electron chi connectivity index (χ0n) is 9.88. The summed E-state index contributed by atoms with van der Waals surface area (Å²) in [6.07, 6.45) is 5.03. The Morgan fingerprint density at radius 3 is 2.65 bits per heavy atom. The minimum absolute atomic E-state index is 0.570. The summed E-state index contributed by atoms with van der Waals surface area (Å²) in [6, 6.07) is 0. The molecule has 0 spiro atoms. The van der Waals surface area contributed by atoms with E-state index in [0.29, 0.717) is 12.4 Å². The summed E-state index contributed by atoms with van der Waals surface area (Å²) in [7, 11) is 1.90. The van der Waals surface area contributed by atoms with Crippen molar-refractivity contribution in [2.45, 2.75) is 13.5 Å². The summed E-state index contributed by atoms with van der Waals surface area (Å²) in [5.41, 5.74) is 0. The van der Waals surface area contributed by atoms with Gasteiger partial charge in [-0.15, -0.1) is 10.2 Å². The molecule has 2 aromatic rings. The Kier molecular flexibility index (Phi) is 3.49. The van der Waals surface area contributed by atoms with Gasteiger partial charge >= 0.3 is 0 Å². The third kappa shape index (κ3) is 2.90. The lowest BCUT2D eigenvalue weighted by Gasteiger charge is -2.06. The number of aryl methyl sites for hydroxylation is 1. The van der Waals surface area contributed by atoms with Crippen LogP contribution in [0.25, 0.3) is 0 Å². The highest BCUT2D eigenvalue weighted by Gasteiger charge is 2.01. The highest BCUT2D eigenvalue weighted by atomic mass is 15.3. The van der Waals surface area contributed by atoms with Crippen LogP contribution in [0, 0.1) is 0 Å². The molecule has 0 bridgehead atoms. The van der Waals surface area contributed by atoms with Crippen molar-refractivity contribution in [2.24, 2.45) is 7.05 Å². The fourth-order valence-electron chi connectivity index (χ4n) is 1.35. The van der Waals surface area contributed by atoms with Crippen LogP contribution in [0.1, 0.15) is 12.7 Å². The molecule has 0 radical (unpaired) electrons. The lowest BCUT2D eigenvalue weighted by atomic mass is 10.5. The van der Waals surface area contributed by atoms with E-state index < -0.39 is 0 Å². The van der Waals surface area contributed by atoms with E-state index in [1.54, 1.807) is 18.7 Å². The Balaban J connectivity index is 1.99. The van der Waals surface area contributed by atoms with E-state index in [4.69, 9.17) is 0 Å². The van der Waals surface area contributed by atoms with Crippen LogP contribution >= 0.6 is 0 Å². The summed E-state index contributed by atoms with van der Waals surface area (Å²) in [6.45, 7) is 3.41. The largest absolute Gasteiger partial charge is 0.369 e. The van der Waals surface area contributed by atoms with E-state index in [1.807, 2.05) is 18.5 Å². The van der Waals surface area contributed by atoms with Gasteiger partial charge in [-0.25, -0.2) is 4.98 Å². The average Bonchev–Trinajstić information content (AvgIpc) is 2.73. The minimum atomic E-state index is 0.570. The minimum Gasteiger partial charge on any atom is -0.369 e. The van der Waals surface area contributed by atoms with Crippen molar-refractivity contribution in [2.75, 3.05) is 17.2 Å². The van der Waals surface area contributed by atoms with Gasteiger partial charge in [-0.3, -0.25) is 4.98 Å². The highest BCUT2D eigenvalue weighted by Crippen LogP contribution is 2.07. The molecule has 0 aliphatic heterocycles. The number of aromatic nitrogens is 5. The van der Waals surface area contributed by atoms with Crippen molar-refractivity contribution in [3.05, 3.63) is 24.5 Å². The molecule has 0 unspecified atom stereocenters. The van der Waals surface area contributed by atoms with Crippen LogP contribution in [0.3, 0.4) is 0 Å². The fourth-order valence-corrected chi connectivity index (χ4v) is 1.35. The molecule has 0 aliphatic rings. The molecular weight excluding hydrogens is 218 g/mol. The van der Waals surface area contributed by atoms with Gasteiger partial charge in [0.05, 0.1) is 18.9 Å². The molecule has 0 aliphatic carbocycles. The van der Waals surface area contributed by atoms with E-state index in [-0.39, 0.29) is 0 Å². The molecule has 7 heteroatoms. The first-order valence-corrected chi connectivity index (χ1v) is 5.42. The van der Waals surface area contributed by atoms with Crippen LogP contribution in [0.4, 0.5) is 11.6 Å². The molecule has 0 saturated heterocycles. The number of hydrogen-bond donors (Lipinski definition) is 2. The number of nitrogens with zero attached hydrogens (tertiary/aromatic N) is 5. The van der Waals surface area contributed by atoms with E-state index in [2.05, 4.69) is 30.8 Å². The average molecular weight is 233 g/mol. The number of hydrogen-bond acceptors (Lipinski definition) is 6. The number of anilines is 2.